The molecule has 0 bridgehead atoms. The minimum atomic E-state index is -0.472. The topological polar surface area (TPSA) is 81.4 Å². The fraction of sp³-hybridized carbons (Fsp3) is 0.200. The molecule has 0 amide bonds. The molecule has 0 saturated heterocycles. The maximum absolute atomic E-state index is 13.3. The molecule has 5 nitrogen and oxygen atoms in total. The van der Waals surface area contributed by atoms with Crippen LogP contribution in [-0.4, -0.2) is 17.9 Å². The zero-order valence-corrected chi connectivity index (χ0v) is 20.6. The van der Waals surface area contributed by atoms with E-state index in [0.29, 0.717) is 43.0 Å². The monoisotopic (exact) mass is 500 g/mol. The molecule has 170 valence electrons. The van der Waals surface area contributed by atoms with Crippen molar-refractivity contribution in [2.45, 2.75) is 32.8 Å². The number of hydrogen-bond donors (Lipinski definition) is 2. The molecule has 0 fully saturated rings. The van der Waals surface area contributed by atoms with E-state index in [0.717, 1.165) is 10.6 Å². The number of ether oxygens (including phenoxy) is 1. The van der Waals surface area contributed by atoms with Crippen molar-refractivity contribution in [3.8, 4) is 0 Å². The lowest BCUT2D eigenvalue weighted by molar-refractivity contribution is -0.142. The molecule has 0 radical (unpaired) electrons. The summed E-state index contributed by atoms with van der Waals surface area (Å²) in [4.78, 5) is 26.8. The molecule has 4 rings (SSSR count). The van der Waals surface area contributed by atoms with Crippen molar-refractivity contribution < 1.29 is 14.3 Å². The predicted molar refractivity (Wildman–Crippen MR) is 134 cm³/mol. The smallest absolute Gasteiger partial charge is 0.337 e. The standard InChI is InChI=1S/C25H22Cl2N2O3S/c1-12(2)32-25(31)18-13(3)29-24-20(19(18)14-7-5-4-6-8-14)21(28)23(33-24)22(30)15-9-10-16(26)17(27)11-15/h4-12,19,29H,28H2,1-3H3. The van der Waals surface area contributed by atoms with Crippen LogP contribution in [-0.2, 0) is 9.53 Å². The van der Waals surface area contributed by atoms with E-state index in [2.05, 4.69) is 5.32 Å². The zero-order chi connectivity index (χ0) is 23.9. The minimum Gasteiger partial charge on any atom is -0.460 e. The molecule has 1 aliphatic rings. The number of thiophene rings is 1. The Morgan fingerprint density at radius 2 is 1.79 bits per heavy atom. The van der Waals surface area contributed by atoms with Crippen LogP contribution in [0, 0.1) is 0 Å². The SMILES string of the molecule is CC1=C(C(=O)OC(C)C)C(c2ccccc2)c2c(sc(C(=O)c3ccc(Cl)c(Cl)c3)c2N)N1. The summed E-state index contributed by atoms with van der Waals surface area (Å²) < 4.78 is 5.55. The fourth-order valence-corrected chi connectivity index (χ4v) is 5.37. The quantitative estimate of drug-likeness (QED) is 0.302. The number of anilines is 2. The second kappa shape index (κ2) is 9.21. The number of halogens is 2. The zero-order valence-electron chi connectivity index (χ0n) is 18.2. The Kier molecular flexibility index (Phi) is 6.52. The number of allylic oxidation sites excluding steroid dienone is 1. The lowest BCUT2D eigenvalue weighted by Crippen LogP contribution is -2.25. The number of hydrogen-bond acceptors (Lipinski definition) is 6. The molecule has 3 N–H and O–H groups in total. The van der Waals surface area contributed by atoms with Crippen LogP contribution >= 0.6 is 34.5 Å². The molecular weight excluding hydrogens is 479 g/mol. The van der Waals surface area contributed by atoms with E-state index in [1.807, 2.05) is 37.3 Å². The highest BCUT2D eigenvalue weighted by atomic mass is 35.5. The largest absolute Gasteiger partial charge is 0.460 e. The van der Waals surface area contributed by atoms with E-state index in [-0.39, 0.29) is 11.9 Å². The van der Waals surface area contributed by atoms with Gasteiger partial charge in [-0.15, -0.1) is 11.3 Å². The van der Waals surface area contributed by atoms with Crippen LogP contribution in [0.3, 0.4) is 0 Å². The van der Waals surface area contributed by atoms with Crippen LogP contribution in [0.5, 0.6) is 0 Å². The molecule has 1 atom stereocenters. The molecule has 1 aliphatic heterocycles. The molecule has 3 aromatic rings. The molecule has 0 saturated carbocycles. The Morgan fingerprint density at radius 3 is 2.42 bits per heavy atom. The first-order valence-corrected chi connectivity index (χ1v) is 11.9. The summed E-state index contributed by atoms with van der Waals surface area (Å²) in [6, 6.07) is 14.3. The van der Waals surface area contributed by atoms with E-state index < -0.39 is 11.9 Å². The van der Waals surface area contributed by atoms with Crippen LogP contribution in [0.1, 0.15) is 53.1 Å². The van der Waals surface area contributed by atoms with Gasteiger partial charge in [-0.25, -0.2) is 4.79 Å². The molecule has 2 heterocycles. The van der Waals surface area contributed by atoms with E-state index in [4.69, 9.17) is 33.7 Å². The van der Waals surface area contributed by atoms with Crippen LogP contribution in [0.25, 0.3) is 0 Å². The maximum Gasteiger partial charge on any atom is 0.337 e. The lowest BCUT2D eigenvalue weighted by atomic mass is 9.81. The van der Waals surface area contributed by atoms with Crippen LogP contribution in [0.2, 0.25) is 10.0 Å². The second-order valence-corrected chi connectivity index (χ2v) is 9.84. The van der Waals surface area contributed by atoms with Gasteiger partial charge in [0.15, 0.2) is 0 Å². The van der Waals surface area contributed by atoms with Gasteiger partial charge in [-0.2, -0.15) is 0 Å². The number of esters is 1. The Hall–Kier alpha value is -2.80. The van der Waals surface area contributed by atoms with Gasteiger partial charge in [-0.05, 0) is 44.5 Å². The van der Waals surface area contributed by atoms with Crippen molar-refractivity contribution in [3.63, 3.8) is 0 Å². The van der Waals surface area contributed by atoms with Gasteiger partial charge in [-0.1, -0.05) is 53.5 Å². The fourth-order valence-electron chi connectivity index (χ4n) is 3.90. The van der Waals surface area contributed by atoms with Gasteiger partial charge in [0.25, 0.3) is 0 Å². The maximum atomic E-state index is 13.3. The van der Waals surface area contributed by atoms with Crippen LogP contribution < -0.4 is 11.1 Å². The number of nitrogens with two attached hydrogens (primary N) is 1. The van der Waals surface area contributed by atoms with Gasteiger partial charge in [0.2, 0.25) is 5.78 Å². The van der Waals surface area contributed by atoms with Crippen molar-refractivity contribution >= 4 is 57.0 Å². The minimum absolute atomic E-state index is 0.261. The highest BCUT2D eigenvalue weighted by Crippen LogP contribution is 2.50. The molecule has 0 aliphatic carbocycles. The molecule has 2 aromatic carbocycles. The van der Waals surface area contributed by atoms with Crippen molar-refractivity contribution in [1.29, 1.82) is 0 Å². The number of carbonyl (C=O) groups is 2. The number of ketones is 1. The van der Waals surface area contributed by atoms with E-state index in [9.17, 15) is 9.59 Å². The first kappa shape index (κ1) is 23.4. The summed E-state index contributed by atoms with van der Waals surface area (Å²) in [5.41, 5.74) is 10.0. The Labute approximate surface area is 206 Å². The normalized spacial score (nSPS) is 15.3. The lowest BCUT2D eigenvalue weighted by Gasteiger charge is -2.29. The van der Waals surface area contributed by atoms with E-state index >= 15 is 0 Å². The van der Waals surface area contributed by atoms with Gasteiger partial charge in [0, 0.05) is 22.7 Å². The van der Waals surface area contributed by atoms with Gasteiger partial charge in [0.05, 0.1) is 32.4 Å². The highest BCUT2D eigenvalue weighted by molar-refractivity contribution is 7.19. The first-order valence-electron chi connectivity index (χ1n) is 10.3. The molecule has 8 heteroatoms. The molecule has 1 unspecified atom stereocenters. The molecule has 1 aromatic heterocycles. The summed E-state index contributed by atoms with van der Waals surface area (Å²) in [6.45, 7) is 5.44. The van der Waals surface area contributed by atoms with Gasteiger partial charge >= 0.3 is 5.97 Å². The van der Waals surface area contributed by atoms with Crippen LogP contribution in [0.15, 0.2) is 59.8 Å². The second-order valence-electron chi connectivity index (χ2n) is 8.01. The Morgan fingerprint density at radius 1 is 1.09 bits per heavy atom. The van der Waals surface area contributed by atoms with Crippen molar-refractivity contribution in [1.82, 2.24) is 0 Å². The van der Waals surface area contributed by atoms with E-state index in [1.54, 1.807) is 26.0 Å². The average molecular weight is 501 g/mol. The summed E-state index contributed by atoms with van der Waals surface area (Å²) in [6.07, 6.45) is -0.276. The van der Waals surface area contributed by atoms with Crippen molar-refractivity contribution in [3.05, 3.63) is 91.4 Å². The third-order valence-corrected chi connectivity index (χ3v) is 7.22. The molecular formula is C25H22Cl2N2O3S. The Balaban J connectivity index is 1.86. The first-order chi connectivity index (χ1) is 15.7. The number of nitrogens with one attached hydrogen (secondary N) is 1. The highest BCUT2D eigenvalue weighted by Gasteiger charge is 2.38. The number of rotatable bonds is 5. The predicted octanol–water partition coefficient (Wildman–Crippen LogP) is 6.65. The molecule has 0 spiro atoms. The number of fused-ring (bicyclic) bond motifs is 1. The number of benzene rings is 2. The number of carbonyl (C=O) groups excluding carboxylic acids is 2. The van der Waals surface area contributed by atoms with Gasteiger partial charge < -0.3 is 15.8 Å². The number of nitrogen functional groups attached to an aromatic ring is 1. The summed E-state index contributed by atoms with van der Waals surface area (Å²) in [5, 5.41) is 4.65. The third-order valence-electron chi connectivity index (χ3n) is 5.35. The molecule has 33 heavy (non-hydrogen) atoms. The van der Waals surface area contributed by atoms with Crippen LogP contribution in [0.4, 0.5) is 10.7 Å². The van der Waals surface area contributed by atoms with Gasteiger partial charge in [0.1, 0.15) is 4.88 Å². The summed E-state index contributed by atoms with van der Waals surface area (Å²) in [7, 11) is 0. The third kappa shape index (κ3) is 4.38. The van der Waals surface area contributed by atoms with E-state index in [1.165, 1.54) is 17.4 Å². The van der Waals surface area contributed by atoms with Crippen molar-refractivity contribution in [2.75, 3.05) is 11.1 Å². The average Bonchev–Trinajstić information content (AvgIpc) is 3.10. The summed E-state index contributed by atoms with van der Waals surface area (Å²) >= 11 is 13.4. The summed E-state index contributed by atoms with van der Waals surface area (Å²) in [5.74, 6) is -1.15. The van der Waals surface area contributed by atoms with Crippen molar-refractivity contribution in [2.24, 2.45) is 0 Å². The van der Waals surface area contributed by atoms with Gasteiger partial charge in [-0.3, -0.25) is 4.79 Å². The Bertz CT molecular complexity index is 1280.